The summed E-state index contributed by atoms with van der Waals surface area (Å²) in [5.41, 5.74) is 1.81. The molecule has 0 aliphatic carbocycles. The minimum atomic E-state index is -3.60. The van der Waals surface area contributed by atoms with Gasteiger partial charge in [0, 0.05) is 36.0 Å². The lowest BCUT2D eigenvalue weighted by atomic mass is 10.2. The second-order valence-electron chi connectivity index (χ2n) is 9.05. The van der Waals surface area contributed by atoms with Crippen LogP contribution in [0.25, 0.3) is 16.5 Å². The molecule has 4 aromatic rings. The van der Waals surface area contributed by atoms with Gasteiger partial charge < -0.3 is 5.32 Å². The summed E-state index contributed by atoms with van der Waals surface area (Å²) in [6.07, 6.45) is 3.27. The summed E-state index contributed by atoms with van der Waals surface area (Å²) in [5, 5.41) is 9.36. The molecule has 0 unspecified atom stereocenters. The molecule has 198 valence electrons. The standard InChI is InChI=1S/C26H28N6O4S2/c1-3-20-17(2)27-26(29-25(20)34)32-23(16-21(30-32)22-8-7-15-37-22)28-24(33)18-9-11-19(12-10-18)38(35,36)31-13-5-4-6-14-31/h7-12,15-16H,3-6,13-14H2,1-2H3,(H,28,33)(H,27,29,34). The van der Waals surface area contributed by atoms with Crippen molar-refractivity contribution in [3.05, 3.63) is 75.0 Å². The van der Waals surface area contributed by atoms with Crippen LogP contribution in [0.2, 0.25) is 0 Å². The van der Waals surface area contributed by atoms with Crippen molar-refractivity contribution in [2.45, 2.75) is 44.4 Å². The van der Waals surface area contributed by atoms with Gasteiger partial charge in [-0.15, -0.1) is 11.3 Å². The SMILES string of the molecule is CCc1c(C)nc(-n2nc(-c3cccs3)cc2NC(=O)c2ccc(S(=O)(=O)N3CCCCC3)cc2)[nH]c1=O. The van der Waals surface area contributed by atoms with E-state index in [1.807, 2.05) is 24.4 Å². The Morgan fingerprint density at radius 2 is 1.87 bits per heavy atom. The van der Waals surface area contributed by atoms with Crippen molar-refractivity contribution in [3.63, 3.8) is 0 Å². The van der Waals surface area contributed by atoms with Crippen LogP contribution >= 0.6 is 11.3 Å². The molecular weight excluding hydrogens is 524 g/mol. The van der Waals surface area contributed by atoms with Crippen LogP contribution in [0.4, 0.5) is 5.82 Å². The smallest absolute Gasteiger partial charge is 0.256 e. The second kappa shape index (κ2) is 10.6. The van der Waals surface area contributed by atoms with E-state index in [1.54, 1.807) is 13.0 Å². The monoisotopic (exact) mass is 552 g/mol. The molecule has 0 spiro atoms. The second-order valence-corrected chi connectivity index (χ2v) is 11.9. The number of nitrogens with one attached hydrogen (secondary N) is 2. The van der Waals surface area contributed by atoms with Gasteiger partial charge in [-0.05, 0) is 61.9 Å². The number of aryl methyl sites for hydroxylation is 1. The molecule has 2 N–H and O–H groups in total. The molecule has 5 rings (SSSR count). The number of carbonyl (C=O) groups is 1. The molecule has 12 heteroatoms. The predicted molar refractivity (Wildman–Crippen MR) is 146 cm³/mol. The van der Waals surface area contributed by atoms with Crippen molar-refractivity contribution in [1.82, 2.24) is 24.1 Å². The number of H-pyrrole nitrogens is 1. The summed E-state index contributed by atoms with van der Waals surface area (Å²) in [7, 11) is -3.60. The molecule has 0 atom stereocenters. The van der Waals surface area contributed by atoms with Crippen molar-refractivity contribution in [1.29, 1.82) is 0 Å². The van der Waals surface area contributed by atoms with E-state index in [0.717, 1.165) is 24.1 Å². The minimum absolute atomic E-state index is 0.161. The first-order valence-corrected chi connectivity index (χ1v) is 14.8. The number of aromatic nitrogens is 4. The zero-order valence-corrected chi connectivity index (χ0v) is 22.7. The fourth-order valence-corrected chi connectivity index (χ4v) is 6.71. The Morgan fingerprint density at radius 3 is 2.50 bits per heavy atom. The summed E-state index contributed by atoms with van der Waals surface area (Å²) in [5.74, 6) is 0.0519. The molecule has 4 heterocycles. The van der Waals surface area contributed by atoms with E-state index in [2.05, 4.69) is 20.4 Å². The number of benzene rings is 1. The van der Waals surface area contributed by atoms with E-state index in [9.17, 15) is 18.0 Å². The van der Waals surface area contributed by atoms with Gasteiger partial charge in [-0.2, -0.15) is 14.1 Å². The molecule has 38 heavy (non-hydrogen) atoms. The van der Waals surface area contributed by atoms with Crippen molar-refractivity contribution >= 4 is 33.1 Å². The van der Waals surface area contributed by atoms with Crippen molar-refractivity contribution in [3.8, 4) is 16.5 Å². The van der Waals surface area contributed by atoms with Crippen LogP contribution in [0.1, 0.15) is 47.8 Å². The third-order valence-electron chi connectivity index (χ3n) is 6.56. The van der Waals surface area contributed by atoms with Crippen LogP contribution in [0.5, 0.6) is 0 Å². The molecule has 1 fully saturated rings. The van der Waals surface area contributed by atoms with Crippen molar-refractivity contribution in [2.75, 3.05) is 18.4 Å². The topological polar surface area (TPSA) is 130 Å². The molecule has 3 aromatic heterocycles. The Labute approximate surface area is 224 Å². The zero-order valence-electron chi connectivity index (χ0n) is 21.1. The molecule has 10 nitrogen and oxygen atoms in total. The number of anilines is 1. The third-order valence-corrected chi connectivity index (χ3v) is 9.36. The van der Waals surface area contributed by atoms with Gasteiger partial charge in [-0.3, -0.25) is 14.6 Å². The van der Waals surface area contributed by atoms with Gasteiger partial charge in [0.25, 0.3) is 11.5 Å². The van der Waals surface area contributed by atoms with Crippen LogP contribution in [-0.2, 0) is 16.4 Å². The highest BCUT2D eigenvalue weighted by Crippen LogP contribution is 2.28. The van der Waals surface area contributed by atoms with E-state index < -0.39 is 15.9 Å². The quantitative estimate of drug-likeness (QED) is 0.357. The Bertz CT molecular complexity index is 1620. The summed E-state index contributed by atoms with van der Waals surface area (Å²) in [6, 6.07) is 11.4. The maximum atomic E-state index is 13.2. The number of hydrogen-bond donors (Lipinski definition) is 2. The number of thiophene rings is 1. The van der Waals surface area contributed by atoms with Gasteiger partial charge in [-0.1, -0.05) is 19.4 Å². The molecule has 0 saturated carbocycles. The molecule has 1 aliphatic rings. The highest BCUT2D eigenvalue weighted by Gasteiger charge is 2.26. The first kappa shape index (κ1) is 26.0. The highest BCUT2D eigenvalue weighted by atomic mass is 32.2. The van der Waals surface area contributed by atoms with Gasteiger partial charge in [0.1, 0.15) is 11.5 Å². The lowest BCUT2D eigenvalue weighted by molar-refractivity contribution is 0.102. The van der Waals surface area contributed by atoms with Gasteiger partial charge in [0.2, 0.25) is 16.0 Å². The Kier molecular flexibility index (Phi) is 7.28. The van der Waals surface area contributed by atoms with Crippen LogP contribution in [0.3, 0.4) is 0 Å². The highest BCUT2D eigenvalue weighted by molar-refractivity contribution is 7.89. The van der Waals surface area contributed by atoms with E-state index in [4.69, 9.17) is 0 Å². The maximum absolute atomic E-state index is 13.2. The number of nitrogens with zero attached hydrogens (tertiary/aromatic N) is 4. The van der Waals surface area contributed by atoms with Gasteiger partial charge in [-0.25, -0.2) is 13.4 Å². The Balaban J connectivity index is 1.45. The summed E-state index contributed by atoms with van der Waals surface area (Å²) in [6.45, 7) is 4.67. The fraction of sp³-hybridized carbons (Fsp3) is 0.308. The summed E-state index contributed by atoms with van der Waals surface area (Å²) >= 11 is 1.49. The first-order chi connectivity index (χ1) is 18.3. The average molecular weight is 553 g/mol. The normalized spacial score (nSPS) is 14.5. The number of amides is 1. The van der Waals surface area contributed by atoms with Crippen LogP contribution in [-0.4, -0.2) is 51.5 Å². The number of aromatic amines is 1. The molecular formula is C26H28N6O4S2. The molecule has 1 amide bonds. The van der Waals surface area contributed by atoms with Crippen molar-refractivity contribution in [2.24, 2.45) is 0 Å². The molecule has 0 bridgehead atoms. The molecule has 0 radical (unpaired) electrons. The lowest BCUT2D eigenvalue weighted by Crippen LogP contribution is -2.35. The largest absolute Gasteiger partial charge is 0.306 e. The van der Waals surface area contributed by atoms with Crippen LogP contribution in [0.15, 0.2) is 57.5 Å². The number of piperidine rings is 1. The van der Waals surface area contributed by atoms with E-state index >= 15 is 0 Å². The number of rotatable bonds is 7. The molecule has 1 saturated heterocycles. The number of sulfonamides is 1. The zero-order chi connectivity index (χ0) is 26.9. The van der Waals surface area contributed by atoms with E-state index in [-0.39, 0.29) is 22.0 Å². The summed E-state index contributed by atoms with van der Waals surface area (Å²) in [4.78, 5) is 34.1. The predicted octanol–water partition coefficient (Wildman–Crippen LogP) is 3.98. The number of carbonyl (C=O) groups excluding carboxylic acids is 1. The van der Waals surface area contributed by atoms with Crippen molar-refractivity contribution < 1.29 is 13.2 Å². The summed E-state index contributed by atoms with van der Waals surface area (Å²) < 4.78 is 28.8. The minimum Gasteiger partial charge on any atom is -0.306 e. The van der Waals surface area contributed by atoms with Crippen LogP contribution < -0.4 is 10.9 Å². The van der Waals surface area contributed by atoms with Gasteiger partial charge >= 0.3 is 0 Å². The Morgan fingerprint density at radius 1 is 1.13 bits per heavy atom. The fourth-order valence-electron chi connectivity index (χ4n) is 4.51. The molecule has 1 aromatic carbocycles. The number of hydrogen-bond acceptors (Lipinski definition) is 7. The lowest BCUT2D eigenvalue weighted by Gasteiger charge is -2.25. The van der Waals surface area contributed by atoms with E-state index in [1.165, 1.54) is 44.6 Å². The van der Waals surface area contributed by atoms with Crippen LogP contribution in [0, 0.1) is 6.92 Å². The average Bonchev–Trinajstić information content (AvgIpc) is 3.59. The maximum Gasteiger partial charge on any atom is 0.256 e. The van der Waals surface area contributed by atoms with E-state index in [0.29, 0.717) is 42.3 Å². The molecule has 1 aliphatic heterocycles. The van der Waals surface area contributed by atoms with Gasteiger partial charge in [0.05, 0.1) is 9.77 Å². The first-order valence-electron chi connectivity index (χ1n) is 12.4. The third kappa shape index (κ3) is 5.06. The Hall–Kier alpha value is -3.61. The van der Waals surface area contributed by atoms with Gasteiger partial charge in [0.15, 0.2) is 0 Å².